The molecule has 0 radical (unpaired) electrons. The molecule has 1 saturated heterocycles. The van der Waals surface area contributed by atoms with Crippen LogP contribution in [0, 0.1) is 5.92 Å². The van der Waals surface area contributed by atoms with Gasteiger partial charge in [-0.2, -0.15) is 0 Å². The summed E-state index contributed by atoms with van der Waals surface area (Å²) in [5.74, 6) is -0.164. The quantitative estimate of drug-likeness (QED) is 0.874. The van der Waals surface area contributed by atoms with Crippen LogP contribution in [0.1, 0.15) is 36.4 Å². The van der Waals surface area contributed by atoms with Gasteiger partial charge in [-0.15, -0.1) is 23.7 Å². The standard InChI is InChI=1S/C15H23N3O2S.ClH/c1-10(2)13(17-14(19)12-6-4-8-21-12)15(20)18-7-3-5-11(16)9-18;/h4,6,8,10-11,13H,3,5,7,9,16H2,1-2H3,(H,17,19);1H. The Morgan fingerprint density at radius 2 is 2.18 bits per heavy atom. The van der Waals surface area contributed by atoms with Crippen molar-refractivity contribution in [3.63, 3.8) is 0 Å². The molecule has 0 saturated carbocycles. The maximum Gasteiger partial charge on any atom is 0.262 e. The van der Waals surface area contributed by atoms with Gasteiger partial charge in [0.2, 0.25) is 5.91 Å². The predicted octanol–water partition coefficient (Wildman–Crippen LogP) is 1.87. The minimum absolute atomic E-state index is 0. The highest BCUT2D eigenvalue weighted by molar-refractivity contribution is 7.12. The summed E-state index contributed by atoms with van der Waals surface area (Å²) in [6.07, 6.45) is 1.88. The molecule has 2 atom stereocenters. The first-order valence-electron chi connectivity index (χ1n) is 7.37. The highest BCUT2D eigenvalue weighted by Crippen LogP contribution is 2.15. The Bertz CT molecular complexity index is 493. The smallest absolute Gasteiger partial charge is 0.262 e. The molecule has 0 aromatic carbocycles. The molecule has 2 amide bonds. The largest absolute Gasteiger partial charge is 0.339 e. The molecule has 0 bridgehead atoms. The topological polar surface area (TPSA) is 75.4 Å². The molecule has 1 aliphatic heterocycles. The number of hydrogen-bond acceptors (Lipinski definition) is 4. The number of nitrogens with two attached hydrogens (primary N) is 1. The summed E-state index contributed by atoms with van der Waals surface area (Å²) in [6.45, 7) is 5.20. The van der Waals surface area contributed by atoms with Crippen LogP contribution in [0.4, 0.5) is 0 Å². The molecular formula is C15H24ClN3O2S. The van der Waals surface area contributed by atoms with Crippen molar-refractivity contribution in [3.8, 4) is 0 Å². The van der Waals surface area contributed by atoms with Gasteiger partial charge in [0.15, 0.2) is 0 Å². The van der Waals surface area contributed by atoms with Crippen LogP contribution >= 0.6 is 23.7 Å². The number of likely N-dealkylation sites (tertiary alicyclic amines) is 1. The van der Waals surface area contributed by atoms with E-state index in [1.165, 1.54) is 11.3 Å². The number of halogens is 1. The van der Waals surface area contributed by atoms with Gasteiger partial charge >= 0.3 is 0 Å². The van der Waals surface area contributed by atoms with Gasteiger partial charge in [-0.1, -0.05) is 19.9 Å². The molecule has 1 aromatic rings. The Balaban J connectivity index is 0.00000242. The Kier molecular flexibility index (Phi) is 7.32. The van der Waals surface area contributed by atoms with Crippen molar-refractivity contribution in [1.29, 1.82) is 0 Å². The van der Waals surface area contributed by atoms with E-state index in [9.17, 15) is 9.59 Å². The summed E-state index contributed by atoms with van der Waals surface area (Å²) in [5.41, 5.74) is 5.94. The number of carbonyl (C=O) groups is 2. The second-order valence-electron chi connectivity index (χ2n) is 5.86. The van der Waals surface area contributed by atoms with Gasteiger partial charge in [-0.05, 0) is 30.2 Å². The van der Waals surface area contributed by atoms with Gasteiger partial charge in [0.25, 0.3) is 5.91 Å². The lowest BCUT2D eigenvalue weighted by Gasteiger charge is -2.34. The fourth-order valence-electron chi connectivity index (χ4n) is 2.54. The van der Waals surface area contributed by atoms with E-state index in [2.05, 4.69) is 5.32 Å². The van der Waals surface area contributed by atoms with Gasteiger partial charge in [0, 0.05) is 19.1 Å². The van der Waals surface area contributed by atoms with Crippen molar-refractivity contribution in [1.82, 2.24) is 10.2 Å². The van der Waals surface area contributed by atoms with Gasteiger partial charge in [0.05, 0.1) is 4.88 Å². The van der Waals surface area contributed by atoms with Crippen molar-refractivity contribution < 1.29 is 9.59 Å². The first kappa shape index (κ1) is 18.9. The molecule has 0 aliphatic carbocycles. The molecule has 2 unspecified atom stereocenters. The number of carbonyl (C=O) groups excluding carboxylic acids is 2. The van der Waals surface area contributed by atoms with Gasteiger partial charge in [0.1, 0.15) is 6.04 Å². The maximum absolute atomic E-state index is 12.6. The second kappa shape index (κ2) is 8.50. The number of nitrogens with zero attached hydrogens (tertiary/aromatic N) is 1. The Hall–Kier alpha value is -1.11. The summed E-state index contributed by atoms with van der Waals surface area (Å²) >= 11 is 1.38. The van der Waals surface area contributed by atoms with E-state index in [0.717, 1.165) is 19.4 Å². The van der Waals surface area contributed by atoms with Gasteiger partial charge in [-0.25, -0.2) is 0 Å². The monoisotopic (exact) mass is 345 g/mol. The van der Waals surface area contributed by atoms with Crippen molar-refractivity contribution in [2.45, 2.75) is 38.8 Å². The zero-order valence-electron chi connectivity index (χ0n) is 13.0. The Morgan fingerprint density at radius 1 is 1.45 bits per heavy atom. The third-order valence-electron chi connectivity index (χ3n) is 3.73. The lowest BCUT2D eigenvalue weighted by atomic mass is 10.00. The van der Waals surface area contributed by atoms with Crippen molar-refractivity contribution in [3.05, 3.63) is 22.4 Å². The predicted molar refractivity (Wildman–Crippen MR) is 91.4 cm³/mol. The number of hydrogen-bond donors (Lipinski definition) is 2. The summed E-state index contributed by atoms with van der Waals surface area (Å²) in [7, 11) is 0. The molecule has 3 N–H and O–H groups in total. The number of thiophene rings is 1. The molecule has 0 spiro atoms. The number of nitrogens with one attached hydrogen (secondary N) is 1. The third-order valence-corrected chi connectivity index (χ3v) is 4.60. The minimum atomic E-state index is -0.495. The van der Waals surface area contributed by atoms with Crippen LogP contribution in [0.15, 0.2) is 17.5 Å². The highest BCUT2D eigenvalue weighted by Gasteiger charge is 2.31. The lowest BCUT2D eigenvalue weighted by molar-refractivity contribution is -0.135. The molecule has 2 rings (SSSR count). The van der Waals surface area contributed by atoms with E-state index in [-0.39, 0.29) is 36.2 Å². The van der Waals surface area contributed by atoms with Gasteiger partial charge < -0.3 is 16.0 Å². The third kappa shape index (κ3) is 4.69. The molecule has 22 heavy (non-hydrogen) atoms. The van der Waals surface area contributed by atoms with E-state index < -0.39 is 6.04 Å². The van der Waals surface area contributed by atoms with Crippen LogP contribution in [-0.2, 0) is 4.79 Å². The van der Waals surface area contributed by atoms with Crippen LogP contribution in [0.3, 0.4) is 0 Å². The minimum Gasteiger partial charge on any atom is -0.339 e. The summed E-state index contributed by atoms with van der Waals surface area (Å²) in [4.78, 5) is 27.2. The van der Waals surface area contributed by atoms with E-state index in [1.54, 1.807) is 11.0 Å². The van der Waals surface area contributed by atoms with E-state index in [0.29, 0.717) is 11.4 Å². The van der Waals surface area contributed by atoms with Gasteiger partial charge in [-0.3, -0.25) is 9.59 Å². The summed E-state index contributed by atoms with van der Waals surface area (Å²) in [5, 5.41) is 4.72. The fourth-order valence-corrected chi connectivity index (χ4v) is 3.17. The number of rotatable bonds is 4. The maximum atomic E-state index is 12.6. The Morgan fingerprint density at radius 3 is 2.73 bits per heavy atom. The molecule has 1 fully saturated rings. The lowest BCUT2D eigenvalue weighted by Crippen LogP contribution is -2.55. The first-order valence-corrected chi connectivity index (χ1v) is 8.25. The van der Waals surface area contributed by atoms with E-state index >= 15 is 0 Å². The average molecular weight is 346 g/mol. The van der Waals surface area contributed by atoms with E-state index in [4.69, 9.17) is 5.73 Å². The summed E-state index contributed by atoms with van der Waals surface area (Å²) in [6, 6.07) is 3.14. The van der Waals surface area contributed by atoms with E-state index in [1.807, 2.05) is 25.3 Å². The molecule has 5 nitrogen and oxygen atoms in total. The fraction of sp³-hybridized carbons (Fsp3) is 0.600. The molecule has 7 heteroatoms. The van der Waals surface area contributed by atoms with Crippen molar-refractivity contribution in [2.75, 3.05) is 13.1 Å². The molecule has 1 aliphatic rings. The normalized spacial score (nSPS) is 19.5. The Labute approximate surface area is 141 Å². The second-order valence-corrected chi connectivity index (χ2v) is 6.81. The first-order chi connectivity index (χ1) is 9.99. The van der Waals surface area contributed by atoms with Crippen LogP contribution < -0.4 is 11.1 Å². The zero-order valence-corrected chi connectivity index (χ0v) is 14.6. The molecule has 2 heterocycles. The number of amides is 2. The SMILES string of the molecule is CC(C)C(NC(=O)c1cccs1)C(=O)N1CCCC(N)C1.Cl. The van der Waals surface area contributed by atoms with Crippen LogP contribution in [0.25, 0.3) is 0 Å². The average Bonchev–Trinajstić information content (AvgIpc) is 2.97. The molecular weight excluding hydrogens is 322 g/mol. The van der Waals surface area contributed by atoms with Crippen molar-refractivity contribution in [2.24, 2.45) is 11.7 Å². The molecule has 124 valence electrons. The van der Waals surface area contributed by atoms with Crippen molar-refractivity contribution >= 4 is 35.6 Å². The van der Waals surface area contributed by atoms with Crippen LogP contribution in [0.5, 0.6) is 0 Å². The molecule has 1 aromatic heterocycles. The summed E-state index contributed by atoms with van der Waals surface area (Å²) < 4.78 is 0. The number of piperidine rings is 1. The highest BCUT2D eigenvalue weighted by atomic mass is 35.5. The zero-order chi connectivity index (χ0) is 15.4. The van der Waals surface area contributed by atoms with Crippen LogP contribution in [-0.4, -0.2) is 41.9 Å². The van der Waals surface area contributed by atoms with Crippen LogP contribution in [0.2, 0.25) is 0 Å².